The van der Waals surface area contributed by atoms with E-state index >= 15 is 0 Å². The van der Waals surface area contributed by atoms with Crippen LogP contribution in [0, 0.1) is 0 Å². The summed E-state index contributed by atoms with van der Waals surface area (Å²) < 4.78 is 10.9. The van der Waals surface area contributed by atoms with Crippen molar-refractivity contribution in [1.29, 1.82) is 0 Å². The first-order chi connectivity index (χ1) is 14.6. The Kier molecular flexibility index (Phi) is 5.63. The zero-order valence-electron chi connectivity index (χ0n) is 15.9. The number of nitrogens with zero attached hydrogens (tertiary/aromatic N) is 2. The molecule has 0 bridgehead atoms. The number of methoxy groups -OCH3 is 1. The molecule has 150 valence electrons. The molecule has 0 aliphatic carbocycles. The molecule has 0 fully saturated rings. The zero-order valence-corrected chi connectivity index (χ0v) is 16.7. The number of rotatable bonds is 6. The Morgan fingerprint density at radius 3 is 2.73 bits per heavy atom. The van der Waals surface area contributed by atoms with Crippen molar-refractivity contribution in [2.75, 3.05) is 7.11 Å². The molecule has 0 unspecified atom stereocenters. The van der Waals surface area contributed by atoms with Crippen LogP contribution in [0.15, 0.2) is 76.2 Å². The van der Waals surface area contributed by atoms with Crippen LogP contribution >= 0.6 is 11.6 Å². The molecule has 7 nitrogen and oxygen atoms in total. The number of halogens is 1. The topological polar surface area (TPSA) is 92.5 Å². The molecule has 8 heteroatoms. The van der Waals surface area contributed by atoms with Crippen LogP contribution in [0.5, 0.6) is 5.75 Å². The maximum atomic E-state index is 12.3. The smallest absolute Gasteiger partial charge is 0.289 e. The summed E-state index contributed by atoms with van der Waals surface area (Å²) in [5, 5.41) is 11.3. The molecule has 0 aliphatic heterocycles. The number of benzene rings is 2. The average molecular weight is 421 g/mol. The normalized spacial score (nSPS) is 11.0. The minimum Gasteiger partial charge on any atom is -0.495 e. The third kappa shape index (κ3) is 4.26. The quantitative estimate of drug-likeness (QED) is 0.347. The second kappa shape index (κ2) is 8.67. The lowest BCUT2D eigenvalue weighted by molar-refractivity contribution is 0.0950. The van der Waals surface area contributed by atoms with E-state index in [0.717, 1.165) is 11.1 Å². The summed E-state index contributed by atoms with van der Waals surface area (Å²) in [4.78, 5) is 12.3. The van der Waals surface area contributed by atoms with Crippen molar-refractivity contribution in [1.82, 2.24) is 15.6 Å². The van der Waals surface area contributed by atoms with Crippen molar-refractivity contribution >= 4 is 23.7 Å². The summed E-state index contributed by atoms with van der Waals surface area (Å²) in [5.41, 5.74) is 5.15. The molecule has 0 saturated heterocycles. The van der Waals surface area contributed by atoms with Gasteiger partial charge in [-0.2, -0.15) is 10.2 Å². The lowest BCUT2D eigenvalue weighted by Gasteiger charge is -2.04. The largest absolute Gasteiger partial charge is 0.495 e. The maximum absolute atomic E-state index is 12.3. The second-order valence-electron chi connectivity index (χ2n) is 6.28. The number of aromatic amines is 1. The van der Waals surface area contributed by atoms with Gasteiger partial charge < -0.3 is 9.15 Å². The van der Waals surface area contributed by atoms with Gasteiger partial charge in [0.25, 0.3) is 5.91 Å². The molecule has 2 heterocycles. The van der Waals surface area contributed by atoms with Crippen molar-refractivity contribution in [3.8, 4) is 28.3 Å². The van der Waals surface area contributed by atoms with Crippen LogP contribution in [-0.4, -0.2) is 29.4 Å². The molecule has 4 aromatic rings. The molecule has 0 radical (unpaired) electrons. The number of hydrogen-bond acceptors (Lipinski definition) is 5. The Balaban J connectivity index is 1.40. The van der Waals surface area contributed by atoms with E-state index in [2.05, 4.69) is 20.7 Å². The summed E-state index contributed by atoms with van der Waals surface area (Å²) in [5.74, 6) is 1.28. The summed E-state index contributed by atoms with van der Waals surface area (Å²) in [6.07, 6.45) is 1.42. The van der Waals surface area contributed by atoms with Gasteiger partial charge in [-0.1, -0.05) is 41.9 Å². The molecule has 4 rings (SSSR count). The summed E-state index contributed by atoms with van der Waals surface area (Å²) in [7, 11) is 1.56. The van der Waals surface area contributed by atoms with Gasteiger partial charge in [0.2, 0.25) is 0 Å². The van der Waals surface area contributed by atoms with Crippen molar-refractivity contribution in [3.63, 3.8) is 0 Å². The summed E-state index contributed by atoms with van der Waals surface area (Å²) >= 11 is 6.16. The number of hydrazone groups is 1. The number of nitrogens with one attached hydrogen (secondary N) is 2. The van der Waals surface area contributed by atoms with Crippen LogP contribution in [-0.2, 0) is 0 Å². The van der Waals surface area contributed by atoms with E-state index in [9.17, 15) is 4.79 Å². The predicted octanol–water partition coefficient (Wildman–Crippen LogP) is 4.76. The number of furan rings is 1. The monoisotopic (exact) mass is 420 g/mol. The molecule has 1 amide bonds. The number of ether oxygens (including phenoxy) is 1. The van der Waals surface area contributed by atoms with Gasteiger partial charge in [0.05, 0.1) is 24.0 Å². The zero-order chi connectivity index (χ0) is 20.9. The van der Waals surface area contributed by atoms with Crippen molar-refractivity contribution < 1.29 is 13.9 Å². The molecule has 0 atom stereocenters. The summed E-state index contributed by atoms with van der Waals surface area (Å²) in [6.45, 7) is 0. The number of carbonyl (C=O) groups excluding carboxylic acids is 1. The van der Waals surface area contributed by atoms with Gasteiger partial charge >= 0.3 is 0 Å². The first-order valence-corrected chi connectivity index (χ1v) is 9.40. The lowest BCUT2D eigenvalue weighted by Crippen LogP contribution is -2.17. The van der Waals surface area contributed by atoms with Crippen molar-refractivity contribution in [2.24, 2.45) is 5.10 Å². The highest BCUT2D eigenvalue weighted by Crippen LogP contribution is 2.30. The number of carbonyl (C=O) groups is 1. The van der Waals surface area contributed by atoms with E-state index in [1.165, 1.54) is 6.21 Å². The third-order valence-corrected chi connectivity index (χ3v) is 4.61. The van der Waals surface area contributed by atoms with Gasteiger partial charge in [-0.05, 0) is 36.4 Å². The highest BCUT2D eigenvalue weighted by Gasteiger charge is 2.11. The van der Waals surface area contributed by atoms with Crippen LogP contribution in [0.4, 0.5) is 0 Å². The molecular formula is C22H17ClN4O3. The molecule has 2 N–H and O–H groups in total. The molecule has 2 aromatic carbocycles. The second-order valence-corrected chi connectivity index (χ2v) is 6.69. The highest BCUT2D eigenvalue weighted by molar-refractivity contribution is 6.32. The first-order valence-electron chi connectivity index (χ1n) is 9.02. The van der Waals surface area contributed by atoms with Crippen molar-refractivity contribution in [2.45, 2.75) is 0 Å². The van der Waals surface area contributed by atoms with E-state index in [1.807, 2.05) is 36.4 Å². The maximum Gasteiger partial charge on any atom is 0.289 e. The molecule has 30 heavy (non-hydrogen) atoms. The minimum atomic E-state index is -0.408. The lowest BCUT2D eigenvalue weighted by atomic mass is 10.1. The van der Waals surface area contributed by atoms with Gasteiger partial charge in [0, 0.05) is 11.1 Å². The molecular weight excluding hydrogens is 404 g/mol. The molecule has 0 spiro atoms. The minimum absolute atomic E-state index is 0.305. The number of H-pyrrole nitrogens is 1. The fourth-order valence-corrected chi connectivity index (χ4v) is 3.06. The van der Waals surface area contributed by atoms with Gasteiger partial charge in [0.15, 0.2) is 0 Å². The van der Waals surface area contributed by atoms with Crippen LogP contribution < -0.4 is 10.2 Å². The Morgan fingerprint density at radius 2 is 1.97 bits per heavy atom. The summed E-state index contributed by atoms with van der Waals surface area (Å²) in [6, 6.07) is 20.1. The Bertz CT molecular complexity index is 1200. The molecule has 0 aliphatic rings. The molecule has 0 saturated carbocycles. The fraction of sp³-hybridized carbons (Fsp3) is 0.0455. The van der Waals surface area contributed by atoms with E-state index in [-0.39, 0.29) is 0 Å². The fourth-order valence-electron chi connectivity index (χ4n) is 2.81. The standard InChI is InChI=1S/C22H17ClN4O3/c1-29-21-9-7-15(11-17(21)23)20-10-8-16(30-20)13-24-27-22(28)19-12-18(25-26-19)14-5-3-2-4-6-14/h2-13H,1H3,(H,25,26)(H,27,28). The van der Waals surface area contributed by atoms with Crippen LogP contribution in [0.1, 0.15) is 16.2 Å². The van der Waals surface area contributed by atoms with Crippen LogP contribution in [0.3, 0.4) is 0 Å². The van der Waals surface area contributed by atoms with Gasteiger partial charge in [0.1, 0.15) is 23.0 Å². The average Bonchev–Trinajstić information content (AvgIpc) is 3.44. The van der Waals surface area contributed by atoms with E-state index in [4.69, 9.17) is 20.8 Å². The van der Waals surface area contributed by atoms with Gasteiger partial charge in [-0.25, -0.2) is 5.43 Å². The number of hydrogen-bond donors (Lipinski definition) is 2. The predicted molar refractivity (Wildman–Crippen MR) is 115 cm³/mol. The number of aromatic nitrogens is 2. The first kappa shape index (κ1) is 19.5. The Morgan fingerprint density at radius 1 is 1.13 bits per heavy atom. The van der Waals surface area contributed by atoms with E-state index in [0.29, 0.717) is 33.7 Å². The SMILES string of the molecule is COc1ccc(-c2ccc(C=NNC(=O)c3cc(-c4ccccc4)n[nH]3)o2)cc1Cl. The van der Waals surface area contributed by atoms with E-state index in [1.54, 1.807) is 37.4 Å². The highest BCUT2D eigenvalue weighted by atomic mass is 35.5. The molecule has 2 aromatic heterocycles. The van der Waals surface area contributed by atoms with E-state index < -0.39 is 5.91 Å². The van der Waals surface area contributed by atoms with Crippen molar-refractivity contribution in [3.05, 3.63) is 83.2 Å². The number of amides is 1. The third-order valence-electron chi connectivity index (χ3n) is 4.31. The van der Waals surface area contributed by atoms with Crippen LogP contribution in [0.2, 0.25) is 5.02 Å². The Labute approximate surface area is 177 Å². The Hall–Kier alpha value is -3.84. The van der Waals surface area contributed by atoms with Crippen LogP contribution in [0.25, 0.3) is 22.6 Å². The van der Waals surface area contributed by atoms with Gasteiger partial charge in [-0.3, -0.25) is 9.89 Å². The van der Waals surface area contributed by atoms with Gasteiger partial charge in [-0.15, -0.1) is 0 Å².